The van der Waals surface area contributed by atoms with Crippen LogP contribution < -0.4 is 11.1 Å². The Bertz CT molecular complexity index is 327. The first kappa shape index (κ1) is 14.0. The van der Waals surface area contributed by atoms with Crippen molar-refractivity contribution in [1.29, 1.82) is 0 Å². The van der Waals surface area contributed by atoms with Crippen LogP contribution in [0.15, 0.2) is 24.3 Å². The maximum atomic E-state index is 9.20. The van der Waals surface area contributed by atoms with Crippen LogP contribution in [0, 0.1) is 6.92 Å². The van der Waals surface area contributed by atoms with Gasteiger partial charge in [-0.15, -0.1) is 0 Å². The van der Waals surface area contributed by atoms with Gasteiger partial charge in [-0.3, -0.25) is 10.2 Å². The lowest BCUT2D eigenvalue weighted by atomic mass is 10.2. The molecule has 0 bridgehead atoms. The number of anilines is 1. The number of nitrogens with one attached hydrogen (secondary N) is 1. The molecule has 0 saturated carbocycles. The second-order valence-corrected chi connectivity index (χ2v) is 4.94. The lowest BCUT2D eigenvalue weighted by molar-refractivity contribution is 0.0177. The number of nitrogen functional groups attached to an aromatic ring is 1. The van der Waals surface area contributed by atoms with E-state index in [1.807, 2.05) is 57.0 Å². The van der Waals surface area contributed by atoms with E-state index < -0.39 is 0 Å². The van der Waals surface area contributed by atoms with Crippen LogP contribution in [0.2, 0.25) is 0 Å². The van der Waals surface area contributed by atoms with Crippen molar-refractivity contribution in [2.45, 2.75) is 32.7 Å². The summed E-state index contributed by atoms with van der Waals surface area (Å²) in [5, 5.41) is 12.4. The number of β-amino-alcohol motifs (C(OH)–C–C–N with tert-alkyl or cyclic N) is 1. The largest absolute Gasteiger partial charge is 0.399 e. The maximum Gasteiger partial charge on any atom is 0.121 e. The molecule has 1 saturated heterocycles. The number of benzene rings is 1. The van der Waals surface area contributed by atoms with Crippen LogP contribution in [-0.2, 0) is 0 Å². The molecule has 1 heterocycles. The molecule has 0 aliphatic carbocycles. The minimum atomic E-state index is -0.319. The highest BCUT2D eigenvalue weighted by Gasteiger charge is 2.34. The van der Waals surface area contributed by atoms with Gasteiger partial charge in [0.25, 0.3) is 0 Å². The van der Waals surface area contributed by atoms with Gasteiger partial charge in [-0.25, -0.2) is 0 Å². The standard InChI is InChI=1S/C7H9N.C6H14N2O/c1-6-2-4-7(8)5-3-6;1-6(2)7-4-5(9)8(6)3/h2-5H,8H2,1H3;5,7,9H,4H2,1-3H3. The Balaban J connectivity index is 0.000000171. The molecule has 1 atom stereocenters. The van der Waals surface area contributed by atoms with Gasteiger partial charge in [0.1, 0.15) is 6.23 Å². The number of nitrogens with zero attached hydrogens (tertiary/aromatic N) is 1. The molecule has 0 amide bonds. The van der Waals surface area contributed by atoms with E-state index in [4.69, 9.17) is 5.73 Å². The second-order valence-electron chi connectivity index (χ2n) is 4.94. The Kier molecular flexibility index (Phi) is 4.51. The highest BCUT2D eigenvalue weighted by atomic mass is 16.3. The zero-order chi connectivity index (χ0) is 13.1. The van der Waals surface area contributed by atoms with Gasteiger partial charge in [-0.05, 0) is 40.0 Å². The predicted molar refractivity (Wildman–Crippen MR) is 71.4 cm³/mol. The first-order chi connectivity index (χ1) is 7.83. The van der Waals surface area contributed by atoms with Crippen LogP contribution in [0.4, 0.5) is 5.69 Å². The molecule has 1 aromatic carbocycles. The van der Waals surface area contributed by atoms with Crippen molar-refractivity contribution in [1.82, 2.24) is 10.2 Å². The van der Waals surface area contributed by atoms with Crippen molar-refractivity contribution in [3.05, 3.63) is 29.8 Å². The van der Waals surface area contributed by atoms with Crippen LogP contribution in [0.5, 0.6) is 0 Å². The third kappa shape index (κ3) is 4.00. The smallest absolute Gasteiger partial charge is 0.121 e. The first-order valence-electron chi connectivity index (χ1n) is 5.81. The molecule has 1 fully saturated rings. The summed E-state index contributed by atoms with van der Waals surface area (Å²) in [7, 11) is 1.91. The normalized spacial score (nSPS) is 23.0. The summed E-state index contributed by atoms with van der Waals surface area (Å²) in [6, 6.07) is 7.79. The van der Waals surface area contributed by atoms with E-state index in [1.54, 1.807) is 0 Å². The highest BCUT2D eigenvalue weighted by Crippen LogP contribution is 2.16. The maximum absolute atomic E-state index is 9.20. The molecule has 17 heavy (non-hydrogen) atoms. The fraction of sp³-hybridized carbons (Fsp3) is 0.538. The fourth-order valence-electron chi connectivity index (χ4n) is 1.54. The van der Waals surface area contributed by atoms with Gasteiger partial charge in [-0.2, -0.15) is 0 Å². The molecule has 4 N–H and O–H groups in total. The quantitative estimate of drug-likeness (QED) is 0.592. The SMILES string of the molecule is CN1C(O)CNC1(C)C.Cc1ccc(N)cc1. The Morgan fingerprint density at radius 1 is 1.35 bits per heavy atom. The zero-order valence-electron chi connectivity index (χ0n) is 11.1. The summed E-state index contributed by atoms with van der Waals surface area (Å²) < 4.78 is 0. The third-order valence-electron chi connectivity index (χ3n) is 3.12. The minimum absolute atomic E-state index is 0.0422. The molecule has 2 rings (SSSR count). The molecule has 1 aromatic rings. The van der Waals surface area contributed by atoms with E-state index in [9.17, 15) is 5.11 Å². The highest BCUT2D eigenvalue weighted by molar-refractivity contribution is 5.38. The molecule has 0 aromatic heterocycles. The van der Waals surface area contributed by atoms with Crippen LogP contribution in [0.1, 0.15) is 19.4 Å². The number of rotatable bonds is 0. The van der Waals surface area contributed by atoms with E-state index in [0.29, 0.717) is 6.54 Å². The lowest BCUT2D eigenvalue weighted by Crippen LogP contribution is -2.45. The molecule has 4 heteroatoms. The van der Waals surface area contributed by atoms with E-state index in [1.165, 1.54) is 5.56 Å². The molecular formula is C13H23N3O. The van der Waals surface area contributed by atoms with Gasteiger partial charge >= 0.3 is 0 Å². The van der Waals surface area contributed by atoms with E-state index in [-0.39, 0.29) is 11.9 Å². The Hall–Kier alpha value is -1.10. The number of likely N-dealkylation sites (N-methyl/N-ethyl adjacent to an activating group) is 1. The molecule has 1 unspecified atom stereocenters. The molecule has 1 aliphatic rings. The summed E-state index contributed by atoms with van der Waals surface area (Å²) >= 11 is 0. The fourth-order valence-corrected chi connectivity index (χ4v) is 1.54. The molecule has 96 valence electrons. The van der Waals surface area contributed by atoms with E-state index >= 15 is 0 Å². The number of aliphatic hydroxyl groups excluding tert-OH is 1. The Morgan fingerprint density at radius 2 is 1.88 bits per heavy atom. The number of aryl methyl sites for hydroxylation is 1. The third-order valence-corrected chi connectivity index (χ3v) is 3.12. The van der Waals surface area contributed by atoms with Gasteiger partial charge in [0, 0.05) is 12.2 Å². The van der Waals surface area contributed by atoms with Crippen molar-refractivity contribution in [3.8, 4) is 0 Å². The predicted octanol–water partition coefficient (Wildman–Crippen LogP) is 1.15. The summed E-state index contributed by atoms with van der Waals surface area (Å²) in [4.78, 5) is 1.91. The molecule has 0 spiro atoms. The second kappa shape index (κ2) is 5.49. The molecule has 0 radical (unpaired) electrons. The van der Waals surface area contributed by atoms with Crippen LogP contribution in [-0.4, -0.2) is 35.5 Å². The van der Waals surface area contributed by atoms with Crippen LogP contribution in [0.25, 0.3) is 0 Å². The Morgan fingerprint density at radius 3 is 2.12 bits per heavy atom. The van der Waals surface area contributed by atoms with Gasteiger partial charge in [0.15, 0.2) is 0 Å². The summed E-state index contributed by atoms with van der Waals surface area (Å²) in [6.45, 7) is 6.80. The Labute approximate surface area is 103 Å². The zero-order valence-corrected chi connectivity index (χ0v) is 11.1. The number of nitrogens with two attached hydrogens (primary N) is 1. The van der Waals surface area contributed by atoms with Gasteiger partial charge in [0.2, 0.25) is 0 Å². The molecular weight excluding hydrogens is 214 g/mol. The minimum Gasteiger partial charge on any atom is -0.399 e. The average molecular weight is 237 g/mol. The monoisotopic (exact) mass is 237 g/mol. The average Bonchev–Trinajstić information content (AvgIpc) is 2.51. The van der Waals surface area contributed by atoms with Crippen molar-refractivity contribution >= 4 is 5.69 Å². The summed E-state index contributed by atoms with van der Waals surface area (Å²) in [5.74, 6) is 0. The van der Waals surface area contributed by atoms with Gasteiger partial charge < -0.3 is 10.8 Å². The van der Waals surface area contributed by atoms with Crippen LogP contribution >= 0.6 is 0 Å². The van der Waals surface area contributed by atoms with Crippen molar-refractivity contribution in [2.24, 2.45) is 0 Å². The summed E-state index contributed by atoms with van der Waals surface area (Å²) in [6.07, 6.45) is -0.319. The number of hydrogen-bond donors (Lipinski definition) is 3. The number of aliphatic hydroxyl groups is 1. The van der Waals surface area contributed by atoms with Gasteiger partial charge in [-0.1, -0.05) is 17.7 Å². The first-order valence-corrected chi connectivity index (χ1v) is 5.81. The van der Waals surface area contributed by atoms with Gasteiger partial charge in [0.05, 0.1) is 5.66 Å². The van der Waals surface area contributed by atoms with Crippen molar-refractivity contribution in [3.63, 3.8) is 0 Å². The van der Waals surface area contributed by atoms with Crippen LogP contribution in [0.3, 0.4) is 0 Å². The van der Waals surface area contributed by atoms with Crippen molar-refractivity contribution in [2.75, 3.05) is 19.3 Å². The molecule has 4 nitrogen and oxygen atoms in total. The topological polar surface area (TPSA) is 61.5 Å². The van der Waals surface area contributed by atoms with E-state index in [0.717, 1.165) is 5.69 Å². The van der Waals surface area contributed by atoms with E-state index in [2.05, 4.69) is 5.32 Å². The molecule has 1 aliphatic heterocycles. The van der Waals surface area contributed by atoms with Crippen molar-refractivity contribution < 1.29 is 5.11 Å². The lowest BCUT2D eigenvalue weighted by Gasteiger charge is -2.28. The number of hydrogen-bond acceptors (Lipinski definition) is 4. The summed E-state index contributed by atoms with van der Waals surface area (Å²) in [5.41, 5.74) is 7.46.